The second-order valence-electron chi connectivity index (χ2n) is 3.75. The van der Waals surface area contributed by atoms with Crippen molar-refractivity contribution in [1.82, 2.24) is 14.8 Å². The average molecular weight is 318 g/mol. The lowest BCUT2D eigenvalue weighted by Crippen LogP contribution is -2.11. The summed E-state index contributed by atoms with van der Waals surface area (Å²) < 4.78 is 2.06. The van der Waals surface area contributed by atoms with E-state index in [1.54, 1.807) is 17.8 Å². The highest BCUT2D eigenvalue weighted by molar-refractivity contribution is 7.98. The van der Waals surface area contributed by atoms with Crippen LogP contribution in [0.3, 0.4) is 0 Å². The molecule has 1 N–H and O–H groups in total. The van der Waals surface area contributed by atoms with Gasteiger partial charge in [-0.1, -0.05) is 11.6 Å². The molecule has 2 heterocycles. The van der Waals surface area contributed by atoms with Crippen LogP contribution >= 0.6 is 34.7 Å². The lowest BCUT2D eigenvalue weighted by molar-refractivity contribution is -0.137. The van der Waals surface area contributed by atoms with Crippen molar-refractivity contribution >= 4 is 40.7 Å². The Kier molecular flexibility index (Phi) is 4.84. The van der Waals surface area contributed by atoms with E-state index in [4.69, 9.17) is 16.7 Å². The standard InChI is InChI=1S/C11H12ClN3O2S2/c1-18-5-4-9-13-11(7-2-3-8(12)19-7)15(14-9)6-10(16)17/h2-3H,4-6H2,1H3,(H,16,17). The number of aliphatic carboxylic acids is 1. The molecule has 8 heteroatoms. The van der Waals surface area contributed by atoms with Gasteiger partial charge in [-0.15, -0.1) is 11.3 Å². The number of carboxylic acid groups (broad SMARTS) is 1. The van der Waals surface area contributed by atoms with Crippen molar-refractivity contribution in [2.24, 2.45) is 0 Å². The van der Waals surface area contributed by atoms with Gasteiger partial charge in [-0.3, -0.25) is 4.79 Å². The molecule has 0 aliphatic carbocycles. The molecule has 0 radical (unpaired) electrons. The summed E-state index contributed by atoms with van der Waals surface area (Å²) in [6, 6.07) is 3.59. The zero-order valence-electron chi connectivity index (χ0n) is 10.2. The molecule has 19 heavy (non-hydrogen) atoms. The number of aromatic nitrogens is 3. The fraction of sp³-hybridized carbons (Fsp3) is 0.364. The minimum atomic E-state index is -0.940. The first-order valence-electron chi connectivity index (χ1n) is 5.50. The van der Waals surface area contributed by atoms with Crippen LogP contribution in [0.25, 0.3) is 10.7 Å². The molecule has 0 unspecified atom stereocenters. The molecule has 0 saturated heterocycles. The van der Waals surface area contributed by atoms with E-state index in [1.807, 2.05) is 12.3 Å². The van der Waals surface area contributed by atoms with Gasteiger partial charge in [0.15, 0.2) is 11.6 Å². The van der Waals surface area contributed by atoms with Crippen molar-refractivity contribution < 1.29 is 9.90 Å². The fourth-order valence-corrected chi connectivity index (χ4v) is 2.97. The summed E-state index contributed by atoms with van der Waals surface area (Å²) in [5.74, 6) is 1.19. The van der Waals surface area contributed by atoms with E-state index in [2.05, 4.69) is 10.1 Å². The molecule has 2 aromatic heterocycles. The van der Waals surface area contributed by atoms with Gasteiger partial charge in [0.25, 0.3) is 0 Å². The highest BCUT2D eigenvalue weighted by Crippen LogP contribution is 2.30. The predicted octanol–water partition coefficient (Wildman–Crippen LogP) is 2.65. The number of aryl methyl sites for hydroxylation is 1. The number of halogens is 1. The lowest BCUT2D eigenvalue weighted by Gasteiger charge is -1.99. The normalized spacial score (nSPS) is 10.8. The van der Waals surface area contributed by atoms with E-state index in [0.29, 0.717) is 16.0 Å². The number of thiophene rings is 1. The molecule has 5 nitrogen and oxygen atoms in total. The number of rotatable bonds is 6. The number of hydrogen-bond donors (Lipinski definition) is 1. The first-order valence-corrected chi connectivity index (χ1v) is 8.09. The highest BCUT2D eigenvalue weighted by atomic mass is 35.5. The first kappa shape index (κ1) is 14.4. The minimum Gasteiger partial charge on any atom is -0.480 e. The van der Waals surface area contributed by atoms with Gasteiger partial charge in [0, 0.05) is 12.2 Å². The SMILES string of the molecule is CSCCc1nc(-c2ccc(Cl)s2)n(CC(=O)O)n1. The van der Waals surface area contributed by atoms with E-state index in [9.17, 15) is 4.79 Å². The third-order valence-corrected chi connectivity index (χ3v) is 4.16. The van der Waals surface area contributed by atoms with Crippen LogP contribution in [0, 0.1) is 0 Å². The first-order chi connectivity index (χ1) is 9.10. The van der Waals surface area contributed by atoms with Gasteiger partial charge in [-0.2, -0.15) is 16.9 Å². The summed E-state index contributed by atoms with van der Waals surface area (Å²) in [7, 11) is 0. The molecule has 2 rings (SSSR count). The maximum atomic E-state index is 10.9. The second-order valence-corrected chi connectivity index (χ2v) is 6.45. The van der Waals surface area contributed by atoms with Crippen molar-refractivity contribution in [1.29, 1.82) is 0 Å². The van der Waals surface area contributed by atoms with Gasteiger partial charge in [0.1, 0.15) is 6.54 Å². The smallest absolute Gasteiger partial charge is 0.325 e. The molecule has 0 saturated carbocycles. The van der Waals surface area contributed by atoms with Gasteiger partial charge in [-0.25, -0.2) is 9.67 Å². The Balaban J connectivity index is 2.33. The highest BCUT2D eigenvalue weighted by Gasteiger charge is 2.15. The van der Waals surface area contributed by atoms with Crippen LogP contribution in [0.15, 0.2) is 12.1 Å². The summed E-state index contributed by atoms with van der Waals surface area (Å²) in [4.78, 5) is 16.1. The van der Waals surface area contributed by atoms with Crippen LogP contribution in [0.1, 0.15) is 5.82 Å². The number of hydrogen-bond acceptors (Lipinski definition) is 5. The lowest BCUT2D eigenvalue weighted by atomic mass is 10.4. The second kappa shape index (κ2) is 6.40. The molecule has 0 amide bonds. The third kappa shape index (κ3) is 3.71. The van der Waals surface area contributed by atoms with Crippen molar-refractivity contribution in [2.45, 2.75) is 13.0 Å². The molecular formula is C11H12ClN3O2S2. The summed E-state index contributed by atoms with van der Waals surface area (Å²) >= 11 is 8.96. The van der Waals surface area contributed by atoms with E-state index < -0.39 is 5.97 Å². The topological polar surface area (TPSA) is 68.0 Å². The Hall–Kier alpha value is -1.05. The van der Waals surface area contributed by atoms with Crippen LogP contribution < -0.4 is 0 Å². The van der Waals surface area contributed by atoms with E-state index in [1.165, 1.54) is 16.0 Å². The Labute approximate surface area is 123 Å². The van der Waals surface area contributed by atoms with Crippen molar-refractivity contribution in [3.63, 3.8) is 0 Å². The average Bonchev–Trinajstić information content (AvgIpc) is 2.92. The molecular weight excluding hydrogens is 306 g/mol. The predicted molar refractivity (Wildman–Crippen MR) is 78.1 cm³/mol. The molecule has 0 atom stereocenters. The summed E-state index contributed by atoms with van der Waals surface area (Å²) in [6.07, 6.45) is 2.73. The van der Waals surface area contributed by atoms with E-state index in [-0.39, 0.29) is 6.54 Å². The van der Waals surface area contributed by atoms with Gasteiger partial charge in [0.05, 0.1) is 9.21 Å². The molecule has 2 aromatic rings. The van der Waals surface area contributed by atoms with Crippen LogP contribution in [-0.2, 0) is 17.8 Å². The van der Waals surface area contributed by atoms with E-state index >= 15 is 0 Å². The van der Waals surface area contributed by atoms with Crippen LogP contribution in [0.4, 0.5) is 0 Å². The van der Waals surface area contributed by atoms with Gasteiger partial charge in [-0.05, 0) is 18.4 Å². The molecule has 102 valence electrons. The third-order valence-electron chi connectivity index (χ3n) is 2.32. The summed E-state index contributed by atoms with van der Waals surface area (Å²) in [5.41, 5.74) is 0. The largest absolute Gasteiger partial charge is 0.480 e. The molecule has 0 aromatic carbocycles. The molecule has 0 bridgehead atoms. The quantitative estimate of drug-likeness (QED) is 0.887. The number of carbonyl (C=O) groups is 1. The van der Waals surface area contributed by atoms with Crippen LogP contribution in [0.5, 0.6) is 0 Å². The van der Waals surface area contributed by atoms with Crippen molar-refractivity contribution in [3.05, 3.63) is 22.3 Å². The Morgan fingerprint density at radius 3 is 2.95 bits per heavy atom. The zero-order chi connectivity index (χ0) is 13.8. The van der Waals surface area contributed by atoms with E-state index in [0.717, 1.165) is 17.1 Å². The molecule has 0 fully saturated rings. The summed E-state index contributed by atoms with van der Waals surface area (Å²) in [5, 5.41) is 13.2. The fourth-order valence-electron chi connectivity index (χ4n) is 1.54. The Bertz CT molecular complexity index is 582. The minimum absolute atomic E-state index is 0.197. The Morgan fingerprint density at radius 2 is 2.37 bits per heavy atom. The Morgan fingerprint density at radius 1 is 1.58 bits per heavy atom. The van der Waals surface area contributed by atoms with Crippen molar-refractivity contribution in [2.75, 3.05) is 12.0 Å². The summed E-state index contributed by atoms with van der Waals surface area (Å²) in [6.45, 7) is -0.197. The molecule has 0 aliphatic heterocycles. The van der Waals surface area contributed by atoms with Gasteiger partial charge >= 0.3 is 5.97 Å². The zero-order valence-corrected chi connectivity index (χ0v) is 12.6. The monoisotopic (exact) mass is 317 g/mol. The molecule has 0 aliphatic rings. The maximum Gasteiger partial charge on any atom is 0.325 e. The van der Waals surface area contributed by atoms with Crippen LogP contribution in [0.2, 0.25) is 4.34 Å². The van der Waals surface area contributed by atoms with Gasteiger partial charge in [0.2, 0.25) is 0 Å². The maximum absolute atomic E-state index is 10.9. The van der Waals surface area contributed by atoms with Crippen molar-refractivity contribution in [3.8, 4) is 10.7 Å². The number of thioether (sulfide) groups is 1. The number of nitrogens with zero attached hydrogens (tertiary/aromatic N) is 3. The molecule has 0 spiro atoms. The van der Waals surface area contributed by atoms with Crippen LogP contribution in [-0.4, -0.2) is 37.8 Å². The van der Waals surface area contributed by atoms with Gasteiger partial charge < -0.3 is 5.11 Å². The number of carboxylic acids is 1.